The Balaban J connectivity index is 1.32. The monoisotopic (exact) mass is 391 g/mol. The molecule has 0 amide bonds. The first kappa shape index (κ1) is 18.3. The standard InChI is InChI=1S/C24H29N3O2/c28-24(29)21-13-19(17-6-7-17)14-25-23(21)26-20-8-9-22-18(12-20)10-11-27(22)15-16-4-2-1-3-5-16/h8-14,16-17,23,25-26H,1-7,15H2,(H,28,29). The maximum absolute atomic E-state index is 11.8. The van der Waals surface area contributed by atoms with E-state index in [-0.39, 0.29) is 0 Å². The first-order valence-corrected chi connectivity index (χ1v) is 10.9. The molecule has 5 rings (SSSR count). The highest BCUT2D eigenvalue weighted by Gasteiger charge is 2.30. The van der Waals surface area contributed by atoms with Gasteiger partial charge in [0.2, 0.25) is 0 Å². The van der Waals surface area contributed by atoms with Crippen molar-refractivity contribution >= 4 is 22.6 Å². The number of nitrogens with zero attached hydrogens (tertiary/aromatic N) is 1. The zero-order valence-electron chi connectivity index (χ0n) is 16.7. The van der Waals surface area contributed by atoms with E-state index in [1.54, 1.807) is 0 Å². The van der Waals surface area contributed by atoms with Crippen molar-refractivity contribution in [3.63, 3.8) is 0 Å². The fraction of sp³-hybridized carbons (Fsp3) is 0.458. The Bertz CT molecular complexity index is 977. The first-order chi connectivity index (χ1) is 14.2. The van der Waals surface area contributed by atoms with Crippen LogP contribution in [-0.2, 0) is 11.3 Å². The van der Waals surface area contributed by atoms with E-state index in [1.165, 1.54) is 43.0 Å². The van der Waals surface area contributed by atoms with E-state index in [1.807, 2.05) is 12.3 Å². The van der Waals surface area contributed by atoms with Crippen molar-refractivity contribution in [1.82, 2.24) is 9.88 Å². The van der Waals surface area contributed by atoms with Gasteiger partial charge in [-0.3, -0.25) is 0 Å². The van der Waals surface area contributed by atoms with Crippen LogP contribution < -0.4 is 10.6 Å². The molecule has 2 aromatic rings. The highest BCUT2D eigenvalue weighted by Crippen LogP contribution is 2.38. The average molecular weight is 392 g/mol. The number of aromatic nitrogens is 1. The van der Waals surface area contributed by atoms with Crippen molar-refractivity contribution in [2.75, 3.05) is 5.32 Å². The van der Waals surface area contributed by atoms with Crippen molar-refractivity contribution in [2.45, 2.75) is 57.7 Å². The molecule has 2 heterocycles. The van der Waals surface area contributed by atoms with Gasteiger partial charge in [0.15, 0.2) is 0 Å². The largest absolute Gasteiger partial charge is 0.478 e. The number of dihydropyridines is 1. The lowest BCUT2D eigenvalue weighted by molar-refractivity contribution is -0.132. The number of anilines is 1. The Labute approximate surface area is 171 Å². The van der Waals surface area contributed by atoms with Crippen LogP contribution in [-0.4, -0.2) is 21.8 Å². The normalized spacial score (nSPS) is 22.7. The molecular weight excluding hydrogens is 362 g/mol. The van der Waals surface area contributed by atoms with Gasteiger partial charge in [-0.1, -0.05) is 19.3 Å². The maximum Gasteiger partial charge on any atom is 0.335 e. The number of carboxylic acid groups (broad SMARTS) is 1. The lowest BCUT2D eigenvalue weighted by Crippen LogP contribution is -2.39. The fourth-order valence-electron chi connectivity index (χ4n) is 4.79. The third-order valence-corrected chi connectivity index (χ3v) is 6.61. The molecule has 5 heteroatoms. The van der Waals surface area contributed by atoms with Crippen LogP contribution in [0.2, 0.25) is 0 Å². The number of allylic oxidation sites excluding steroid dienone is 2. The Morgan fingerprint density at radius 2 is 1.97 bits per heavy atom. The molecule has 0 bridgehead atoms. The van der Waals surface area contributed by atoms with Crippen LogP contribution in [0.5, 0.6) is 0 Å². The van der Waals surface area contributed by atoms with Crippen LogP contribution in [0.4, 0.5) is 5.69 Å². The first-order valence-electron chi connectivity index (χ1n) is 10.9. The summed E-state index contributed by atoms with van der Waals surface area (Å²) >= 11 is 0. The molecule has 0 spiro atoms. The molecule has 152 valence electrons. The van der Waals surface area contributed by atoms with Gasteiger partial charge < -0.3 is 20.3 Å². The van der Waals surface area contributed by atoms with Gasteiger partial charge in [-0.25, -0.2) is 4.79 Å². The molecule has 3 aliphatic rings. The van der Waals surface area contributed by atoms with Gasteiger partial charge in [0.25, 0.3) is 0 Å². The second-order valence-electron chi connectivity index (χ2n) is 8.81. The number of carboxylic acids is 1. The molecule has 5 nitrogen and oxygen atoms in total. The van der Waals surface area contributed by atoms with E-state index in [9.17, 15) is 9.90 Å². The Kier molecular flexibility index (Phi) is 4.82. The van der Waals surface area contributed by atoms with Gasteiger partial charge in [-0.15, -0.1) is 0 Å². The molecule has 1 aromatic heterocycles. The van der Waals surface area contributed by atoms with E-state index in [0.717, 1.165) is 36.6 Å². The zero-order chi connectivity index (χ0) is 19.8. The second kappa shape index (κ2) is 7.62. The SMILES string of the molecule is O=C(O)C1=CC(C2CC2)=CNC1Nc1ccc2c(ccn2CC2CCCCC2)c1. The number of hydrogen-bond acceptors (Lipinski definition) is 3. The third-order valence-electron chi connectivity index (χ3n) is 6.61. The van der Waals surface area contributed by atoms with Crippen LogP contribution in [0.25, 0.3) is 10.9 Å². The molecule has 1 unspecified atom stereocenters. The Morgan fingerprint density at radius 3 is 2.72 bits per heavy atom. The molecule has 0 saturated heterocycles. The minimum atomic E-state index is -0.874. The van der Waals surface area contributed by atoms with E-state index in [2.05, 4.69) is 45.7 Å². The van der Waals surface area contributed by atoms with Crippen molar-refractivity contribution in [3.05, 3.63) is 53.9 Å². The molecule has 1 atom stereocenters. The van der Waals surface area contributed by atoms with E-state index in [4.69, 9.17) is 0 Å². The summed E-state index contributed by atoms with van der Waals surface area (Å²) in [5.74, 6) is 0.443. The molecule has 3 N–H and O–H groups in total. The number of benzene rings is 1. The van der Waals surface area contributed by atoms with Crippen molar-refractivity contribution in [2.24, 2.45) is 11.8 Å². The van der Waals surface area contributed by atoms with Gasteiger partial charge in [-0.2, -0.15) is 0 Å². The van der Waals surface area contributed by atoms with Gasteiger partial charge in [-0.05, 0) is 73.4 Å². The maximum atomic E-state index is 11.8. The summed E-state index contributed by atoms with van der Waals surface area (Å²) in [6.45, 7) is 1.10. The van der Waals surface area contributed by atoms with Crippen LogP contribution in [0.1, 0.15) is 44.9 Å². The highest BCUT2D eigenvalue weighted by molar-refractivity contribution is 5.90. The quantitative estimate of drug-likeness (QED) is 0.657. The molecular formula is C24H29N3O2. The molecule has 0 radical (unpaired) electrons. The molecule has 1 aliphatic heterocycles. The fourth-order valence-corrected chi connectivity index (χ4v) is 4.79. The zero-order valence-corrected chi connectivity index (χ0v) is 16.7. The van der Waals surface area contributed by atoms with Crippen LogP contribution >= 0.6 is 0 Å². The van der Waals surface area contributed by atoms with E-state index in [0.29, 0.717) is 11.5 Å². The van der Waals surface area contributed by atoms with E-state index < -0.39 is 12.1 Å². The van der Waals surface area contributed by atoms with E-state index >= 15 is 0 Å². The number of carbonyl (C=O) groups is 1. The third kappa shape index (κ3) is 3.91. The summed E-state index contributed by atoms with van der Waals surface area (Å²) in [4.78, 5) is 11.8. The minimum absolute atomic E-state index is 0.379. The van der Waals surface area contributed by atoms with Gasteiger partial charge >= 0.3 is 5.97 Å². The number of fused-ring (bicyclic) bond motifs is 1. The second-order valence-corrected chi connectivity index (χ2v) is 8.81. The smallest absolute Gasteiger partial charge is 0.335 e. The lowest BCUT2D eigenvalue weighted by atomic mass is 9.89. The Morgan fingerprint density at radius 1 is 1.14 bits per heavy atom. The van der Waals surface area contributed by atoms with Crippen LogP contribution in [0.3, 0.4) is 0 Å². The number of rotatable bonds is 6. The summed E-state index contributed by atoms with van der Waals surface area (Å²) in [5, 5.41) is 17.5. The topological polar surface area (TPSA) is 66.3 Å². The molecule has 1 aromatic carbocycles. The average Bonchev–Trinajstić information content (AvgIpc) is 3.51. The molecule has 29 heavy (non-hydrogen) atoms. The summed E-state index contributed by atoms with van der Waals surface area (Å²) < 4.78 is 2.38. The number of hydrogen-bond donors (Lipinski definition) is 3. The molecule has 2 aliphatic carbocycles. The molecule has 2 fully saturated rings. The highest BCUT2D eigenvalue weighted by atomic mass is 16.4. The van der Waals surface area contributed by atoms with Crippen molar-refractivity contribution in [1.29, 1.82) is 0 Å². The van der Waals surface area contributed by atoms with Crippen LogP contribution in [0, 0.1) is 11.8 Å². The summed E-state index contributed by atoms with van der Waals surface area (Å²) in [6.07, 6.45) is 14.7. The van der Waals surface area contributed by atoms with Gasteiger partial charge in [0.05, 0.1) is 5.57 Å². The van der Waals surface area contributed by atoms with Gasteiger partial charge in [0, 0.05) is 35.5 Å². The summed E-state index contributed by atoms with van der Waals surface area (Å²) in [5.41, 5.74) is 3.67. The number of nitrogens with one attached hydrogen (secondary N) is 2. The Hall–Kier alpha value is -2.69. The summed E-state index contributed by atoms with van der Waals surface area (Å²) in [6, 6.07) is 8.49. The minimum Gasteiger partial charge on any atom is -0.478 e. The predicted molar refractivity (Wildman–Crippen MR) is 116 cm³/mol. The molecule has 2 saturated carbocycles. The van der Waals surface area contributed by atoms with Gasteiger partial charge in [0.1, 0.15) is 6.17 Å². The predicted octanol–water partition coefficient (Wildman–Crippen LogP) is 4.87. The van der Waals surface area contributed by atoms with Crippen molar-refractivity contribution < 1.29 is 9.90 Å². The van der Waals surface area contributed by atoms with Crippen LogP contribution in [0.15, 0.2) is 53.9 Å². The lowest BCUT2D eigenvalue weighted by Gasteiger charge is -2.25. The van der Waals surface area contributed by atoms with Crippen molar-refractivity contribution in [3.8, 4) is 0 Å². The number of aliphatic carboxylic acids is 1. The summed E-state index contributed by atoms with van der Waals surface area (Å²) in [7, 11) is 0.